The van der Waals surface area contributed by atoms with Gasteiger partial charge in [0, 0.05) is 28.4 Å². The molecule has 1 aliphatic heterocycles. The minimum atomic E-state index is -0.163. The van der Waals surface area contributed by atoms with Gasteiger partial charge in [-0.05, 0) is 24.4 Å². The molecule has 9 heteroatoms. The van der Waals surface area contributed by atoms with Crippen molar-refractivity contribution in [2.75, 3.05) is 13.1 Å². The molecule has 0 saturated carbocycles. The van der Waals surface area contributed by atoms with Crippen LogP contribution in [-0.4, -0.2) is 34.6 Å². The Labute approximate surface area is 158 Å². The third-order valence-electron chi connectivity index (χ3n) is 4.09. The number of fused-ring (bicyclic) bond motifs is 1. The van der Waals surface area contributed by atoms with Crippen molar-refractivity contribution in [2.45, 2.75) is 19.0 Å². The molecule has 3 aromatic rings. The molecule has 0 bridgehead atoms. The Morgan fingerprint density at radius 3 is 3.04 bits per heavy atom. The quantitative estimate of drug-likeness (QED) is 0.708. The Hall–Kier alpha value is -1.74. The molecule has 0 radical (unpaired) electrons. The van der Waals surface area contributed by atoms with Gasteiger partial charge in [0.1, 0.15) is 11.4 Å². The molecular formula is C16H17ClN4O2S2. The maximum absolute atomic E-state index is 12.8. The van der Waals surface area contributed by atoms with E-state index in [0.717, 1.165) is 30.0 Å². The van der Waals surface area contributed by atoms with Crippen molar-refractivity contribution >= 4 is 51.2 Å². The van der Waals surface area contributed by atoms with Gasteiger partial charge < -0.3 is 10.6 Å². The van der Waals surface area contributed by atoms with Gasteiger partial charge in [0.25, 0.3) is 5.56 Å². The Morgan fingerprint density at radius 2 is 2.32 bits per heavy atom. The van der Waals surface area contributed by atoms with Crippen LogP contribution < -0.4 is 16.2 Å². The molecule has 2 N–H and O–H groups in total. The van der Waals surface area contributed by atoms with Gasteiger partial charge in [-0.3, -0.25) is 14.2 Å². The number of hydrogen-bond donors (Lipinski definition) is 2. The van der Waals surface area contributed by atoms with Crippen molar-refractivity contribution in [3.63, 3.8) is 0 Å². The highest BCUT2D eigenvalue weighted by molar-refractivity contribution is 7.18. The second-order valence-electron chi connectivity index (χ2n) is 5.74. The molecule has 1 saturated heterocycles. The molecule has 1 fully saturated rings. The maximum atomic E-state index is 12.8. The van der Waals surface area contributed by atoms with Crippen LogP contribution in [0.4, 0.5) is 0 Å². The topological polar surface area (TPSA) is 76.0 Å². The lowest BCUT2D eigenvalue weighted by Gasteiger charge is -2.12. The highest BCUT2D eigenvalue weighted by atomic mass is 35.5. The Morgan fingerprint density at radius 1 is 1.44 bits per heavy atom. The monoisotopic (exact) mass is 396 g/mol. The predicted molar refractivity (Wildman–Crippen MR) is 104 cm³/mol. The van der Waals surface area contributed by atoms with Gasteiger partial charge in [-0.25, -0.2) is 4.98 Å². The van der Waals surface area contributed by atoms with Crippen molar-refractivity contribution in [3.05, 3.63) is 39.6 Å². The molecule has 1 unspecified atom stereocenters. The van der Waals surface area contributed by atoms with E-state index >= 15 is 0 Å². The normalized spacial score (nSPS) is 16.7. The number of nitrogens with one attached hydrogen (secondary N) is 2. The van der Waals surface area contributed by atoms with Crippen molar-refractivity contribution in [2.24, 2.45) is 0 Å². The van der Waals surface area contributed by atoms with E-state index < -0.39 is 0 Å². The van der Waals surface area contributed by atoms with Crippen molar-refractivity contribution in [1.29, 1.82) is 0 Å². The number of rotatable bonds is 4. The van der Waals surface area contributed by atoms with Crippen LogP contribution in [0.3, 0.4) is 0 Å². The van der Waals surface area contributed by atoms with E-state index in [9.17, 15) is 9.59 Å². The van der Waals surface area contributed by atoms with E-state index in [2.05, 4.69) is 15.6 Å². The first kappa shape index (κ1) is 18.1. The van der Waals surface area contributed by atoms with Crippen LogP contribution in [-0.2, 0) is 11.3 Å². The van der Waals surface area contributed by atoms with Gasteiger partial charge in [0.05, 0.1) is 11.7 Å². The van der Waals surface area contributed by atoms with Crippen LogP contribution >= 0.6 is 35.1 Å². The Balaban J connectivity index is 0.00000182. The second-order valence-corrected chi connectivity index (χ2v) is 7.55. The minimum absolute atomic E-state index is 0. The summed E-state index contributed by atoms with van der Waals surface area (Å²) in [7, 11) is 0. The van der Waals surface area contributed by atoms with Crippen LogP contribution in [0.5, 0.6) is 0 Å². The third-order valence-corrected chi connectivity index (χ3v) is 5.88. The van der Waals surface area contributed by atoms with Crippen molar-refractivity contribution in [3.8, 4) is 10.4 Å². The Kier molecular flexibility index (Phi) is 5.53. The van der Waals surface area contributed by atoms with Crippen molar-refractivity contribution in [1.82, 2.24) is 20.2 Å². The number of thiophene rings is 2. The van der Waals surface area contributed by atoms with Crippen molar-refractivity contribution < 1.29 is 4.79 Å². The van der Waals surface area contributed by atoms with Crippen LogP contribution in [0.15, 0.2) is 34.0 Å². The van der Waals surface area contributed by atoms with Gasteiger partial charge in [0.2, 0.25) is 5.91 Å². The number of aromatic nitrogens is 2. The van der Waals surface area contributed by atoms with Crippen LogP contribution in [0.25, 0.3) is 20.7 Å². The van der Waals surface area contributed by atoms with E-state index in [1.807, 2.05) is 22.9 Å². The zero-order chi connectivity index (χ0) is 16.5. The molecule has 6 nitrogen and oxygen atoms in total. The minimum Gasteiger partial charge on any atom is -0.350 e. The average molecular weight is 397 g/mol. The predicted octanol–water partition coefficient (Wildman–Crippen LogP) is 2.09. The molecule has 3 aromatic heterocycles. The van der Waals surface area contributed by atoms with Gasteiger partial charge in [-0.15, -0.1) is 35.1 Å². The molecule has 0 aromatic carbocycles. The molecule has 1 aliphatic rings. The summed E-state index contributed by atoms with van der Waals surface area (Å²) in [5.41, 5.74) is 0.738. The van der Waals surface area contributed by atoms with Gasteiger partial charge in [0.15, 0.2) is 0 Å². The summed E-state index contributed by atoms with van der Waals surface area (Å²) in [6, 6.07) is 4.09. The summed E-state index contributed by atoms with van der Waals surface area (Å²) in [6.45, 7) is 1.69. The Bertz CT molecular complexity index is 929. The SMILES string of the molecule is Cl.O=C(Cn1cnc2scc(-c3cccs3)c2c1=O)NC1CCNC1. The lowest BCUT2D eigenvalue weighted by molar-refractivity contribution is -0.122. The largest absolute Gasteiger partial charge is 0.350 e. The van der Waals surface area contributed by atoms with Crippen LogP contribution in [0.2, 0.25) is 0 Å². The highest BCUT2D eigenvalue weighted by Gasteiger charge is 2.18. The fourth-order valence-corrected chi connectivity index (χ4v) is 4.62. The first-order chi connectivity index (χ1) is 11.7. The third kappa shape index (κ3) is 3.62. The fraction of sp³-hybridized carbons (Fsp3) is 0.312. The first-order valence-electron chi connectivity index (χ1n) is 7.73. The van der Waals surface area contributed by atoms with E-state index in [-0.39, 0.29) is 36.5 Å². The maximum Gasteiger partial charge on any atom is 0.263 e. The van der Waals surface area contributed by atoms with Gasteiger partial charge >= 0.3 is 0 Å². The number of carbonyl (C=O) groups excluding carboxylic acids is 1. The molecule has 132 valence electrons. The van der Waals surface area contributed by atoms with E-state index in [4.69, 9.17) is 0 Å². The van der Waals surface area contributed by atoms with Crippen LogP contribution in [0, 0.1) is 0 Å². The number of amides is 1. The highest BCUT2D eigenvalue weighted by Crippen LogP contribution is 2.33. The molecule has 0 aliphatic carbocycles. The molecule has 4 heterocycles. The summed E-state index contributed by atoms with van der Waals surface area (Å²) in [4.78, 5) is 31.1. The molecule has 0 spiro atoms. The first-order valence-corrected chi connectivity index (χ1v) is 9.49. The lowest BCUT2D eigenvalue weighted by atomic mass is 10.2. The van der Waals surface area contributed by atoms with Gasteiger partial charge in [-0.2, -0.15) is 0 Å². The van der Waals surface area contributed by atoms with E-state index in [0.29, 0.717) is 10.2 Å². The molecular weight excluding hydrogens is 380 g/mol. The average Bonchev–Trinajstić information content (AvgIpc) is 3.29. The summed E-state index contributed by atoms with van der Waals surface area (Å²) in [5, 5.41) is 10.7. The molecule has 25 heavy (non-hydrogen) atoms. The summed E-state index contributed by atoms with van der Waals surface area (Å²) >= 11 is 3.04. The summed E-state index contributed by atoms with van der Waals surface area (Å²) in [6.07, 6.45) is 2.39. The molecule has 4 rings (SSSR count). The standard InChI is InChI=1S/C16H16N4O2S2.ClH/c21-13(19-10-3-4-17-6-10)7-20-9-18-15-14(16(20)22)11(8-24-15)12-2-1-5-23-12;/h1-2,5,8-10,17H,3-4,6-7H2,(H,19,21);1H. The zero-order valence-electron chi connectivity index (χ0n) is 13.2. The fourth-order valence-electron chi connectivity index (χ4n) is 2.90. The second kappa shape index (κ2) is 7.65. The molecule has 1 atom stereocenters. The lowest BCUT2D eigenvalue weighted by Crippen LogP contribution is -2.39. The number of halogens is 1. The zero-order valence-corrected chi connectivity index (χ0v) is 15.7. The van der Waals surface area contributed by atoms with E-state index in [1.165, 1.54) is 22.2 Å². The van der Waals surface area contributed by atoms with Gasteiger partial charge in [-0.1, -0.05) is 6.07 Å². The van der Waals surface area contributed by atoms with E-state index in [1.54, 1.807) is 11.3 Å². The summed E-state index contributed by atoms with van der Waals surface area (Å²) in [5.74, 6) is -0.153. The summed E-state index contributed by atoms with van der Waals surface area (Å²) < 4.78 is 1.39. The number of hydrogen-bond acceptors (Lipinski definition) is 6. The van der Waals surface area contributed by atoms with Crippen LogP contribution in [0.1, 0.15) is 6.42 Å². The smallest absolute Gasteiger partial charge is 0.263 e. The number of nitrogens with zero attached hydrogens (tertiary/aromatic N) is 2. The number of carbonyl (C=O) groups is 1. The molecule has 1 amide bonds.